The van der Waals surface area contributed by atoms with Crippen LogP contribution in [0.3, 0.4) is 0 Å². The summed E-state index contributed by atoms with van der Waals surface area (Å²) in [6.45, 7) is 0.285. The summed E-state index contributed by atoms with van der Waals surface area (Å²) in [5.74, 6) is 0.208. The lowest BCUT2D eigenvalue weighted by Crippen LogP contribution is -2.27. The van der Waals surface area contributed by atoms with Crippen molar-refractivity contribution < 1.29 is 14.5 Å². The summed E-state index contributed by atoms with van der Waals surface area (Å²) in [7, 11) is 0. The maximum Gasteiger partial charge on any atom is 0.270 e. The van der Waals surface area contributed by atoms with Crippen LogP contribution in [0.4, 0.5) is 11.4 Å². The van der Waals surface area contributed by atoms with Gasteiger partial charge in [-0.1, -0.05) is 59.3 Å². The van der Waals surface area contributed by atoms with E-state index in [2.05, 4.69) is 0 Å². The minimum atomic E-state index is -0.502. The smallest absolute Gasteiger partial charge is 0.270 e. The van der Waals surface area contributed by atoms with Crippen molar-refractivity contribution in [3.8, 4) is 5.75 Å². The van der Waals surface area contributed by atoms with Crippen molar-refractivity contribution in [3.63, 3.8) is 0 Å². The molecule has 0 unspecified atom stereocenters. The van der Waals surface area contributed by atoms with E-state index in [0.29, 0.717) is 36.3 Å². The lowest BCUT2D eigenvalue weighted by Gasteiger charge is -2.14. The minimum Gasteiger partial charge on any atom is -0.488 e. The van der Waals surface area contributed by atoms with Crippen LogP contribution in [0.2, 0.25) is 10.0 Å². The summed E-state index contributed by atoms with van der Waals surface area (Å²) >= 11 is 18.7. The number of carbonyl (C=O) groups is 1. The second-order valence-corrected chi connectivity index (χ2v) is 9.44. The van der Waals surface area contributed by atoms with Crippen LogP contribution in [-0.2, 0) is 11.4 Å². The van der Waals surface area contributed by atoms with Gasteiger partial charge >= 0.3 is 0 Å². The van der Waals surface area contributed by atoms with E-state index in [1.807, 2.05) is 18.2 Å². The molecule has 10 heteroatoms. The largest absolute Gasteiger partial charge is 0.488 e. The Morgan fingerprint density at radius 3 is 2.48 bits per heavy atom. The fourth-order valence-corrected chi connectivity index (χ4v) is 4.79. The fraction of sp³-hybridized carbons (Fsp3) is 0.0435. The van der Waals surface area contributed by atoms with Gasteiger partial charge in [-0.25, -0.2) is 0 Å². The van der Waals surface area contributed by atoms with Crippen LogP contribution < -0.4 is 9.64 Å². The molecule has 3 aromatic carbocycles. The number of thioether (sulfide) groups is 1. The van der Waals surface area contributed by atoms with Gasteiger partial charge < -0.3 is 4.74 Å². The van der Waals surface area contributed by atoms with Gasteiger partial charge in [-0.2, -0.15) is 0 Å². The van der Waals surface area contributed by atoms with E-state index in [9.17, 15) is 14.9 Å². The number of carbonyl (C=O) groups excluding carboxylic acids is 1. The van der Waals surface area contributed by atoms with Crippen molar-refractivity contribution in [2.75, 3.05) is 4.90 Å². The normalized spacial score (nSPS) is 14.7. The Morgan fingerprint density at radius 2 is 1.79 bits per heavy atom. The van der Waals surface area contributed by atoms with Crippen molar-refractivity contribution in [2.24, 2.45) is 0 Å². The summed E-state index contributed by atoms with van der Waals surface area (Å²) in [4.78, 5) is 25.2. The highest BCUT2D eigenvalue weighted by Crippen LogP contribution is 2.38. The first-order chi connectivity index (χ1) is 15.8. The number of nitro groups is 1. The van der Waals surface area contributed by atoms with E-state index in [-0.39, 0.29) is 18.2 Å². The van der Waals surface area contributed by atoms with E-state index in [4.69, 9.17) is 40.2 Å². The first kappa shape index (κ1) is 23.3. The molecule has 0 radical (unpaired) electrons. The second kappa shape index (κ2) is 9.93. The Hall–Kier alpha value is -2.91. The topological polar surface area (TPSA) is 72.7 Å². The Bertz CT molecular complexity index is 1300. The maximum absolute atomic E-state index is 13.1. The predicted molar refractivity (Wildman–Crippen MR) is 136 cm³/mol. The molecule has 4 rings (SSSR count). The number of non-ortho nitro benzene ring substituents is 1. The average molecular weight is 517 g/mol. The molecular formula is C23H14Cl2N2O4S2. The fourth-order valence-electron chi connectivity index (χ4n) is 3.11. The van der Waals surface area contributed by atoms with Gasteiger partial charge in [0.1, 0.15) is 12.4 Å². The second-order valence-electron chi connectivity index (χ2n) is 6.89. The number of halogens is 2. The Kier molecular flexibility index (Phi) is 6.99. The van der Waals surface area contributed by atoms with Crippen LogP contribution in [0.15, 0.2) is 71.6 Å². The number of rotatable bonds is 6. The molecule has 0 aromatic heterocycles. The molecule has 33 heavy (non-hydrogen) atoms. The monoisotopic (exact) mass is 516 g/mol. The molecule has 166 valence electrons. The van der Waals surface area contributed by atoms with E-state index >= 15 is 0 Å². The van der Waals surface area contributed by atoms with Gasteiger partial charge in [-0.3, -0.25) is 19.8 Å². The molecule has 1 aliphatic heterocycles. The number of hydrogen-bond acceptors (Lipinski definition) is 6. The molecule has 0 aliphatic carbocycles. The first-order valence-corrected chi connectivity index (χ1v) is 11.5. The summed E-state index contributed by atoms with van der Waals surface area (Å²) in [6.07, 6.45) is 1.67. The highest BCUT2D eigenvalue weighted by atomic mass is 35.5. The van der Waals surface area contributed by atoms with Crippen LogP contribution in [-0.4, -0.2) is 15.2 Å². The number of anilines is 1. The lowest BCUT2D eigenvalue weighted by molar-refractivity contribution is -0.384. The molecule has 1 fully saturated rings. The molecule has 0 spiro atoms. The van der Waals surface area contributed by atoms with Gasteiger partial charge in [0.25, 0.3) is 11.6 Å². The number of amides is 1. The number of nitro benzene ring substituents is 1. The van der Waals surface area contributed by atoms with Crippen LogP contribution in [0.25, 0.3) is 6.08 Å². The quantitative estimate of drug-likeness (QED) is 0.154. The molecule has 0 N–H and O–H groups in total. The zero-order valence-corrected chi connectivity index (χ0v) is 19.9. The number of nitrogens with zero attached hydrogens (tertiary/aromatic N) is 2. The third-order valence-electron chi connectivity index (χ3n) is 4.65. The van der Waals surface area contributed by atoms with Crippen molar-refractivity contribution >= 4 is 74.9 Å². The van der Waals surface area contributed by atoms with E-state index in [1.54, 1.807) is 30.3 Å². The molecule has 0 bridgehead atoms. The zero-order valence-electron chi connectivity index (χ0n) is 16.7. The van der Waals surface area contributed by atoms with Gasteiger partial charge in [0.15, 0.2) is 4.32 Å². The molecule has 3 aromatic rings. The lowest BCUT2D eigenvalue weighted by atomic mass is 10.1. The SMILES string of the molecule is O=C1/C(=C/c2cc(Cl)ccc2OCc2cccc(Cl)c2)SC(=S)N1c1ccc([N+](=O)[O-])cc1. The maximum atomic E-state index is 13.1. The van der Waals surface area contributed by atoms with Crippen LogP contribution in [0.5, 0.6) is 5.75 Å². The number of benzene rings is 3. The van der Waals surface area contributed by atoms with Crippen LogP contribution in [0, 0.1) is 10.1 Å². The minimum absolute atomic E-state index is 0.0693. The Balaban J connectivity index is 1.59. The molecule has 1 amide bonds. The predicted octanol–water partition coefficient (Wildman–Crippen LogP) is 6.89. The van der Waals surface area contributed by atoms with Crippen molar-refractivity contribution in [3.05, 3.63) is 103 Å². The van der Waals surface area contributed by atoms with Crippen molar-refractivity contribution in [2.45, 2.75) is 6.61 Å². The van der Waals surface area contributed by atoms with Gasteiger partial charge in [-0.05, 0) is 54.1 Å². The Labute approximate surface area is 208 Å². The van der Waals surface area contributed by atoms with Gasteiger partial charge in [0.05, 0.1) is 15.5 Å². The molecule has 6 nitrogen and oxygen atoms in total. The molecule has 1 aliphatic rings. The molecule has 1 heterocycles. The van der Waals surface area contributed by atoms with Crippen molar-refractivity contribution in [1.82, 2.24) is 0 Å². The van der Waals surface area contributed by atoms with Crippen molar-refractivity contribution in [1.29, 1.82) is 0 Å². The first-order valence-electron chi connectivity index (χ1n) is 9.51. The molecule has 0 saturated carbocycles. The number of ether oxygens (including phenoxy) is 1. The third-order valence-corrected chi connectivity index (χ3v) is 6.43. The zero-order chi connectivity index (χ0) is 23.5. The van der Waals surface area contributed by atoms with Gasteiger partial charge in [-0.15, -0.1) is 0 Å². The van der Waals surface area contributed by atoms with E-state index < -0.39 is 4.92 Å². The highest BCUT2D eigenvalue weighted by Gasteiger charge is 2.33. The highest BCUT2D eigenvalue weighted by molar-refractivity contribution is 8.27. The van der Waals surface area contributed by atoms with Crippen LogP contribution >= 0.6 is 47.2 Å². The van der Waals surface area contributed by atoms with Gasteiger partial charge in [0, 0.05) is 27.7 Å². The standard InChI is InChI=1S/C23H14Cl2N2O4S2/c24-16-3-1-2-14(10-16)13-31-20-9-4-17(25)11-15(20)12-21-22(28)26(23(32)33-21)18-5-7-19(8-6-18)27(29)30/h1-12H,13H2/b21-12-. The number of thiocarbonyl (C=S) groups is 1. The third kappa shape index (κ3) is 5.36. The Morgan fingerprint density at radius 1 is 1.06 bits per heavy atom. The summed E-state index contributed by atoms with van der Waals surface area (Å²) in [5, 5.41) is 12.0. The summed E-state index contributed by atoms with van der Waals surface area (Å²) in [6, 6.07) is 18.1. The molecule has 0 atom stereocenters. The molecular weight excluding hydrogens is 503 g/mol. The molecule has 1 saturated heterocycles. The van der Waals surface area contributed by atoms with E-state index in [1.165, 1.54) is 29.2 Å². The summed E-state index contributed by atoms with van der Waals surface area (Å²) in [5.41, 5.74) is 1.90. The van der Waals surface area contributed by atoms with Gasteiger partial charge in [0.2, 0.25) is 0 Å². The van der Waals surface area contributed by atoms with Crippen LogP contribution in [0.1, 0.15) is 11.1 Å². The van der Waals surface area contributed by atoms with E-state index in [0.717, 1.165) is 17.3 Å². The number of hydrogen-bond donors (Lipinski definition) is 0. The average Bonchev–Trinajstić information content (AvgIpc) is 3.06. The summed E-state index contributed by atoms with van der Waals surface area (Å²) < 4.78 is 6.28.